The molecule has 1 aromatic heterocycles. The van der Waals surface area contributed by atoms with Crippen LogP contribution >= 0.6 is 0 Å². The lowest BCUT2D eigenvalue weighted by atomic mass is 10.1. The van der Waals surface area contributed by atoms with E-state index in [9.17, 15) is 9.18 Å². The molecule has 0 saturated heterocycles. The van der Waals surface area contributed by atoms with Crippen LogP contribution in [0.5, 0.6) is 0 Å². The zero-order valence-corrected chi connectivity index (χ0v) is 11.1. The van der Waals surface area contributed by atoms with Gasteiger partial charge < -0.3 is 9.53 Å². The summed E-state index contributed by atoms with van der Waals surface area (Å²) in [5.74, 6) is -0.261. The van der Waals surface area contributed by atoms with Crippen LogP contribution in [0.4, 0.5) is 4.39 Å². The second kappa shape index (κ2) is 7.55. The summed E-state index contributed by atoms with van der Waals surface area (Å²) >= 11 is 0. The summed E-state index contributed by atoms with van der Waals surface area (Å²) in [6.07, 6.45) is 3.23. The van der Waals surface area contributed by atoms with Gasteiger partial charge in [-0.25, -0.2) is 4.39 Å². The van der Waals surface area contributed by atoms with E-state index in [0.717, 1.165) is 36.1 Å². The minimum absolute atomic E-state index is 0.261. The average molecular weight is 276 g/mol. The van der Waals surface area contributed by atoms with Gasteiger partial charge in [-0.3, -0.25) is 5.10 Å². The maximum atomic E-state index is 12.8. The van der Waals surface area contributed by atoms with Crippen molar-refractivity contribution in [3.63, 3.8) is 0 Å². The molecule has 0 unspecified atom stereocenters. The van der Waals surface area contributed by atoms with Gasteiger partial charge in [-0.05, 0) is 43.2 Å². The molecule has 2 aromatic rings. The van der Waals surface area contributed by atoms with E-state index in [2.05, 4.69) is 10.2 Å². The molecule has 1 N–H and O–H groups in total. The van der Waals surface area contributed by atoms with Crippen LogP contribution in [-0.4, -0.2) is 23.1 Å². The maximum absolute atomic E-state index is 12.8. The van der Waals surface area contributed by atoms with Gasteiger partial charge in [0.2, 0.25) is 0 Å². The third-order valence-corrected chi connectivity index (χ3v) is 2.89. The number of aromatic nitrogens is 2. The minimum Gasteiger partial charge on any atom is -0.375 e. The third-order valence-electron chi connectivity index (χ3n) is 2.89. The van der Waals surface area contributed by atoms with Crippen molar-refractivity contribution in [2.24, 2.45) is 0 Å². The van der Waals surface area contributed by atoms with Gasteiger partial charge in [0.15, 0.2) is 0 Å². The number of hydrogen-bond donors (Lipinski definition) is 1. The molecule has 0 aliphatic heterocycles. The number of halogens is 1. The van der Waals surface area contributed by atoms with Crippen LogP contribution in [0, 0.1) is 5.82 Å². The second-order valence-corrected chi connectivity index (χ2v) is 4.50. The molecule has 4 nitrogen and oxygen atoms in total. The van der Waals surface area contributed by atoms with Gasteiger partial charge in [0, 0.05) is 18.6 Å². The molecule has 1 heterocycles. The smallest absolute Gasteiger partial charge is 0.123 e. The van der Waals surface area contributed by atoms with Crippen LogP contribution in [0.3, 0.4) is 0 Å². The number of H-pyrrole nitrogens is 1. The number of aldehydes is 1. The van der Waals surface area contributed by atoms with Gasteiger partial charge in [-0.2, -0.15) is 5.10 Å². The van der Waals surface area contributed by atoms with Crippen molar-refractivity contribution in [3.8, 4) is 11.3 Å². The SMILES string of the molecule is O=CCCCCOCc1cc(-c2ccc(F)cc2)n[nH]1. The van der Waals surface area contributed by atoms with E-state index >= 15 is 0 Å². The largest absolute Gasteiger partial charge is 0.375 e. The molecule has 2 rings (SSSR count). The van der Waals surface area contributed by atoms with Crippen molar-refractivity contribution < 1.29 is 13.9 Å². The standard InChI is InChI=1S/C15H17FN2O2/c16-13-6-4-12(5-7-13)15-10-14(17-18-15)11-20-9-3-1-2-8-19/h4-8,10H,1-3,9,11H2,(H,17,18). The van der Waals surface area contributed by atoms with E-state index in [1.165, 1.54) is 12.1 Å². The zero-order valence-electron chi connectivity index (χ0n) is 11.1. The van der Waals surface area contributed by atoms with Crippen molar-refractivity contribution in [2.45, 2.75) is 25.9 Å². The van der Waals surface area contributed by atoms with Gasteiger partial charge in [-0.1, -0.05) is 0 Å². The predicted molar refractivity (Wildman–Crippen MR) is 73.6 cm³/mol. The molecule has 0 atom stereocenters. The quantitative estimate of drug-likeness (QED) is 0.595. The van der Waals surface area contributed by atoms with Crippen molar-refractivity contribution in [3.05, 3.63) is 41.8 Å². The summed E-state index contributed by atoms with van der Waals surface area (Å²) in [5, 5.41) is 7.07. The number of carbonyl (C=O) groups excluding carboxylic acids is 1. The summed E-state index contributed by atoms with van der Waals surface area (Å²) in [6.45, 7) is 1.08. The molecule has 0 spiro atoms. The summed E-state index contributed by atoms with van der Waals surface area (Å²) in [6, 6.07) is 8.09. The van der Waals surface area contributed by atoms with Crippen LogP contribution in [0.2, 0.25) is 0 Å². The lowest BCUT2D eigenvalue weighted by molar-refractivity contribution is -0.108. The molecule has 1 aromatic carbocycles. The monoisotopic (exact) mass is 276 g/mol. The van der Waals surface area contributed by atoms with Crippen molar-refractivity contribution in [1.82, 2.24) is 10.2 Å². The fourth-order valence-electron chi connectivity index (χ4n) is 1.82. The molecule has 0 bridgehead atoms. The Morgan fingerprint density at radius 2 is 2.05 bits per heavy atom. The molecule has 106 valence electrons. The topological polar surface area (TPSA) is 55.0 Å². The highest BCUT2D eigenvalue weighted by atomic mass is 19.1. The minimum atomic E-state index is -0.261. The normalized spacial score (nSPS) is 10.7. The summed E-state index contributed by atoms with van der Waals surface area (Å²) < 4.78 is 18.3. The molecule has 0 fully saturated rings. The second-order valence-electron chi connectivity index (χ2n) is 4.50. The molecule has 0 aliphatic rings. The number of carbonyl (C=O) groups is 1. The van der Waals surface area contributed by atoms with Gasteiger partial charge in [-0.15, -0.1) is 0 Å². The molecular weight excluding hydrogens is 259 g/mol. The first-order chi connectivity index (χ1) is 9.79. The summed E-state index contributed by atoms with van der Waals surface area (Å²) in [5.41, 5.74) is 2.50. The molecule has 20 heavy (non-hydrogen) atoms. The number of hydrogen-bond acceptors (Lipinski definition) is 3. The molecule has 0 aliphatic carbocycles. The number of nitrogens with zero attached hydrogens (tertiary/aromatic N) is 1. The fraction of sp³-hybridized carbons (Fsp3) is 0.333. The Hall–Kier alpha value is -2.01. The predicted octanol–water partition coefficient (Wildman–Crippen LogP) is 3.10. The van der Waals surface area contributed by atoms with E-state index in [-0.39, 0.29) is 5.82 Å². The number of ether oxygens (including phenoxy) is 1. The Morgan fingerprint density at radius 1 is 1.25 bits per heavy atom. The Morgan fingerprint density at radius 3 is 2.80 bits per heavy atom. The highest BCUT2D eigenvalue weighted by Gasteiger charge is 2.04. The summed E-state index contributed by atoms with van der Waals surface area (Å²) in [4.78, 5) is 10.1. The number of nitrogens with one attached hydrogen (secondary N) is 1. The van der Waals surface area contributed by atoms with E-state index in [1.807, 2.05) is 6.07 Å². The average Bonchev–Trinajstić information content (AvgIpc) is 2.92. The molecule has 5 heteroatoms. The first-order valence-corrected chi connectivity index (χ1v) is 6.61. The lowest BCUT2D eigenvalue weighted by Gasteiger charge is -2.00. The highest BCUT2D eigenvalue weighted by molar-refractivity contribution is 5.58. The number of unbranched alkanes of at least 4 members (excludes halogenated alkanes) is 2. The van der Waals surface area contributed by atoms with Crippen molar-refractivity contribution in [1.29, 1.82) is 0 Å². The Balaban J connectivity index is 1.80. The summed E-state index contributed by atoms with van der Waals surface area (Å²) in [7, 11) is 0. The Kier molecular flexibility index (Phi) is 5.43. The van der Waals surface area contributed by atoms with Crippen LogP contribution < -0.4 is 0 Å². The zero-order chi connectivity index (χ0) is 14.2. The maximum Gasteiger partial charge on any atom is 0.123 e. The highest BCUT2D eigenvalue weighted by Crippen LogP contribution is 2.18. The van der Waals surface area contributed by atoms with Gasteiger partial charge >= 0.3 is 0 Å². The third kappa shape index (κ3) is 4.28. The number of rotatable bonds is 8. The van der Waals surface area contributed by atoms with E-state index in [4.69, 9.17) is 4.74 Å². The molecule has 0 radical (unpaired) electrons. The number of aromatic amines is 1. The van der Waals surface area contributed by atoms with Gasteiger partial charge in [0.25, 0.3) is 0 Å². The van der Waals surface area contributed by atoms with E-state index in [1.54, 1.807) is 12.1 Å². The van der Waals surface area contributed by atoms with Crippen molar-refractivity contribution >= 4 is 6.29 Å². The van der Waals surface area contributed by atoms with E-state index < -0.39 is 0 Å². The van der Waals surface area contributed by atoms with Crippen molar-refractivity contribution in [2.75, 3.05) is 6.61 Å². The van der Waals surface area contributed by atoms with Crippen LogP contribution in [0.1, 0.15) is 25.0 Å². The Bertz CT molecular complexity index is 537. The molecule has 0 saturated carbocycles. The first kappa shape index (κ1) is 14.4. The van der Waals surface area contributed by atoms with Crippen LogP contribution in [0.15, 0.2) is 30.3 Å². The number of benzene rings is 1. The van der Waals surface area contributed by atoms with Crippen LogP contribution in [0.25, 0.3) is 11.3 Å². The molecule has 0 amide bonds. The van der Waals surface area contributed by atoms with E-state index in [0.29, 0.717) is 19.6 Å². The first-order valence-electron chi connectivity index (χ1n) is 6.61. The van der Waals surface area contributed by atoms with Gasteiger partial charge in [0.05, 0.1) is 18.0 Å². The Labute approximate surface area is 117 Å². The molecular formula is C15H17FN2O2. The van der Waals surface area contributed by atoms with Gasteiger partial charge in [0.1, 0.15) is 12.1 Å². The lowest BCUT2D eigenvalue weighted by Crippen LogP contribution is -1.96. The van der Waals surface area contributed by atoms with Crippen LogP contribution in [-0.2, 0) is 16.1 Å². The fourth-order valence-corrected chi connectivity index (χ4v) is 1.82.